The summed E-state index contributed by atoms with van der Waals surface area (Å²) in [6.07, 6.45) is 0.987. The topological polar surface area (TPSA) is 61.5 Å². The second kappa shape index (κ2) is 2.90. The number of hydrogen-bond acceptors (Lipinski definition) is 2. The van der Waals surface area contributed by atoms with Crippen molar-refractivity contribution >= 4 is 11.0 Å². The first-order valence-electron chi connectivity index (χ1n) is 5.02. The number of aromatic amines is 2. The standard InChI is InChI=1S/C10H9F2N3O/c11-10(12)2-1-6-5(3-10)7-8(15-6)13-4-14-9(7)16/h4H,1-3H2,(H2,13,14,15,16). The average molecular weight is 225 g/mol. The first kappa shape index (κ1) is 9.50. The van der Waals surface area contributed by atoms with Crippen LogP contribution in [-0.2, 0) is 12.8 Å². The molecule has 0 aromatic carbocycles. The molecule has 1 aliphatic carbocycles. The summed E-state index contributed by atoms with van der Waals surface area (Å²) < 4.78 is 26.5. The van der Waals surface area contributed by atoms with Gasteiger partial charge in [-0.3, -0.25) is 4.79 Å². The van der Waals surface area contributed by atoms with Gasteiger partial charge in [0.25, 0.3) is 11.5 Å². The summed E-state index contributed by atoms with van der Waals surface area (Å²) in [6.45, 7) is 0. The predicted molar refractivity (Wildman–Crippen MR) is 53.7 cm³/mol. The summed E-state index contributed by atoms with van der Waals surface area (Å²) in [6, 6.07) is 0. The Labute approximate surface area is 88.7 Å². The maximum Gasteiger partial charge on any atom is 0.282 e. The minimum absolute atomic E-state index is 0.172. The molecular formula is C10H9F2N3O. The molecule has 4 nitrogen and oxygen atoms in total. The number of halogens is 2. The molecule has 1 aliphatic rings. The van der Waals surface area contributed by atoms with E-state index in [4.69, 9.17) is 0 Å². The fourth-order valence-electron chi connectivity index (χ4n) is 2.22. The van der Waals surface area contributed by atoms with Crippen LogP contribution in [0.2, 0.25) is 0 Å². The Kier molecular flexibility index (Phi) is 1.72. The van der Waals surface area contributed by atoms with Crippen LogP contribution in [0.25, 0.3) is 11.0 Å². The molecule has 0 spiro atoms. The highest BCUT2D eigenvalue weighted by molar-refractivity contribution is 5.80. The second-order valence-corrected chi connectivity index (χ2v) is 4.07. The zero-order valence-corrected chi connectivity index (χ0v) is 8.31. The zero-order valence-electron chi connectivity index (χ0n) is 8.31. The summed E-state index contributed by atoms with van der Waals surface area (Å²) in [4.78, 5) is 20.8. The maximum atomic E-state index is 13.3. The molecule has 0 saturated heterocycles. The lowest BCUT2D eigenvalue weighted by Gasteiger charge is -2.21. The van der Waals surface area contributed by atoms with Crippen LogP contribution < -0.4 is 5.56 Å². The number of H-pyrrole nitrogens is 2. The van der Waals surface area contributed by atoms with E-state index in [1.807, 2.05) is 0 Å². The molecule has 2 heterocycles. The van der Waals surface area contributed by atoms with Crippen LogP contribution in [-0.4, -0.2) is 20.9 Å². The fourth-order valence-corrected chi connectivity index (χ4v) is 2.22. The van der Waals surface area contributed by atoms with E-state index in [9.17, 15) is 13.6 Å². The van der Waals surface area contributed by atoms with Crippen molar-refractivity contribution in [1.82, 2.24) is 15.0 Å². The molecule has 0 unspecified atom stereocenters. The lowest BCUT2D eigenvalue weighted by molar-refractivity contribution is -0.0121. The largest absolute Gasteiger partial charge is 0.344 e. The lowest BCUT2D eigenvalue weighted by atomic mass is 9.93. The van der Waals surface area contributed by atoms with Gasteiger partial charge >= 0.3 is 0 Å². The van der Waals surface area contributed by atoms with E-state index in [1.165, 1.54) is 6.33 Å². The van der Waals surface area contributed by atoms with Crippen molar-refractivity contribution in [1.29, 1.82) is 0 Å². The number of aromatic nitrogens is 3. The summed E-state index contributed by atoms with van der Waals surface area (Å²) >= 11 is 0. The van der Waals surface area contributed by atoms with Gasteiger partial charge in [0.1, 0.15) is 5.65 Å². The molecule has 0 fully saturated rings. The highest BCUT2D eigenvalue weighted by atomic mass is 19.3. The van der Waals surface area contributed by atoms with Crippen molar-refractivity contribution in [3.8, 4) is 0 Å². The van der Waals surface area contributed by atoms with Crippen LogP contribution in [0.5, 0.6) is 0 Å². The highest BCUT2D eigenvalue weighted by Gasteiger charge is 2.36. The summed E-state index contributed by atoms with van der Waals surface area (Å²) in [5.41, 5.74) is 1.18. The Hall–Kier alpha value is -1.72. The third-order valence-electron chi connectivity index (χ3n) is 2.97. The number of aryl methyl sites for hydroxylation is 1. The van der Waals surface area contributed by atoms with E-state index in [0.717, 1.165) is 5.69 Å². The maximum absolute atomic E-state index is 13.3. The highest BCUT2D eigenvalue weighted by Crippen LogP contribution is 2.35. The van der Waals surface area contributed by atoms with Crippen LogP contribution in [0.1, 0.15) is 17.7 Å². The molecule has 0 radical (unpaired) electrons. The van der Waals surface area contributed by atoms with E-state index in [-0.39, 0.29) is 24.6 Å². The summed E-state index contributed by atoms with van der Waals surface area (Å²) in [5.74, 6) is -2.72. The Bertz CT molecular complexity index is 614. The molecule has 2 aromatic heterocycles. The number of nitrogens with one attached hydrogen (secondary N) is 2. The molecule has 0 aliphatic heterocycles. The predicted octanol–water partition coefficient (Wildman–Crippen LogP) is 1.38. The molecule has 2 aromatic rings. The van der Waals surface area contributed by atoms with E-state index < -0.39 is 11.5 Å². The quantitative estimate of drug-likeness (QED) is 0.711. The number of fused-ring (bicyclic) bond motifs is 3. The Morgan fingerprint density at radius 1 is 1.44 bits per heavy atom. The third kappa shape index (κ3) is 1.26. The van der Waals surface area contributed by atoms with Gasteiger partial charge in [-0.05, 0) is 12.0 Å². The first-order valence-corrected chi connectivity index (χ1v) is 5.02. The number of rotatable bonds is 0. The van der Waals surface area contributed by atoms with Gasteiger partial charge in [-0.25, -0.2) is 8.78 Å². The number of nitrogens with zero attached hydrogens (tertiary/aromatic N) is 1. The van der Waals surface area contributed by atoms with E-state index in [0.29, 0.717) is 11.2 Å². The second-order valence-electron chi connectivity index (χ2n) is 4.07. The van der Waals surface area contributed by atoms with Gasteiger partial charge in [0.05, 0.1) is 11.7 Å². The Balaban J connectivity index is 2.32. The third-order valence-corrected chi connectivity index (χ3v) is 2.97. The average Bonchev–Trinajstić information content (AvgIpc) is 2.55. The minimum atomic E-state index is -2.72. The smallest absolute Gasteiger partial charge is 0.282 e. The summed E-state index contributed by atoms with van der Waals surface area (Å²) in [7, 11) is 0. The van der Waals surface area contributed by atoms with Gasteiger partial charge in [0, 0.05) is 18.5 Å². The van der Waals surface area contributed by atoms with Gasteiger partial charge in [-0.2, -0.15) is 4.98 Å². The molecule has 0 atom stereocenters. The van der Waals surface area contributed by atoms with Crippen LogP contribution >= 0.6 is 0 Å². The normalized spacial score (nSPS) is 18.6. The fraction of sp³-hybridized carbons (Fsp3) is 0.400. The number of hydrogen-bond donors (Lipinski definition) is 2. The SMILES string of the molecule is O=c1nc[nH]c2[nH]c3c(c12)CC(F)(F)CC3. The van der Waals surface area contributed by atoms with Crippen LogP contribution in [0, 0.1) is 0 Å². The van der Waals surface area contributed by atoms with Gasteiger partial charge in [0.15, 0.2) is 0 Å². The van der Waals surface area contributed by atoms with Crippen molar-refractivity contribution in [3.05, 3.63) is 27.9 Å². The molecule has 2 N–H and O–H groups in total. The van der Waals surface area contributed by atoms with Crippen molar-refractivity contribution in [2.45, 2.75) is 25.2 Å². The summed E-state index contributed by atoms with van der Waals surface area (Å²) in [5, 5.41) is 0.275. The van der Waals surface area contributed by atoms with E-state index >= 15 is 0 Å². The van der Waals surface area contributed by atoms with Crippen molar-refractivity contribution < 1.29 is 8.78 Å². The van der Waals surface area contributed by atoms with Crippen LogP contribution in [0.15, 0.2) is 11.1 Å². The van der Waals surface area contributed by atoms with Gasteiger partial charge < -0.3 is 9.97 Å². The van der Waals surface area contributed by atoms with Gasteiger partial charge in [-0.1, -0.05) is 0 Å². The molecule has 3 rings (SSSR count). The van der Waals surface area contributed by atoms with Crippen molar-refractivity contribution in [2.24, 2.45) is 0 Å². The monoisotopic (exact) mass is 225 g/mol. The molecule has 0 amide bonds. The molecule has 0 saturated carbocycles. The Morgan fingerprint density at radius 2 is 2.25 bits per heavy atom. The first-order chi connectivity index (χ1) is 7.57. The van der Waals surface area contributed by atoms with E-state index in [2.05, 4.69) is 15.0 Å². The van der Waals surface area contributed by atoms with Crippen molar-refractivity contribution in [2.75, 3.05) is 0 Å². The van der Waals surface area contributed by atoms with Crippen molar-refractivity contribution in [3.63, 3.8) is 0 Å². The molecule has 6 heteroatoms. The number of alkyl halides is 2. The molecule has 16 heavy (non-hydrogen) atoms. The zero-order chi connectivity index (χ0) is 11.3. The van der Waals surface area contributed by atoms with E-state index in [1.54, 1.807) is 0 Å². The van der Waals surface area contributed by atoms with Crippen LogP contribution in [0.4, 0.5) is 8.78 Å². The Morgan fingerprint density at radius 3 is 3.06 bits per heavy atom. The lowest BCUT2D eigenvalue weighted by Crippen LogP contribution is -2.26. The molecular weight excluding hydrogens is 216 g/mol. The van der Waals surface area contributed by atoms with Gasteiger partial charge in [0.2, 0.25) is 0 Å². The molecule has 84 valence electrons. The van der Waals surface area contributed by atoms with Crippen LogP contribution in [0.3, 0.4) is 0 Å². The van der Waals surface area contributed by atoms with Gasteiger partial charge in [-0.15, -0.1) is 0 Å². The molecule has 0 bridgehead atoms. The minimum Gasteiger partial charge on any atom is -0.344 e.